The Morgan fingerprint density at radius 2 is 1.72 bits per heavy atom. The van der Waals surface area contributed by atoms with Crippen LogP contribution in [0.3, 0.4) is 0 Å². The van der Waals surface area contributed by atoms with E-state index in [1.165, 1.54) is 4.31 Å². The summed E-state index contributed by atoms with van der Waals surface area (Å²) < 4.78 is 24.9. The molecule has 0 atom stereocenters. The van der Waals surface area contributed by atoms with Gasteiger partial charge in [0.2, 0.25) is 15.9 Å². The Balaban J connectivity index is 1.90. The summed E-state index contributed by atoms with van der Waals surface area (Å²) in [7, 11) is -1.17. The molecule has 104 valence electrons. The molecule has 6 nitrogen and oxygen atoms in total. The lowest BCUT2D eigenvalue weighted by atomic mass is 10.3. The minimum atomic E-state index is -3.19. The highest BCUT2D eigenvalue weighted by molar-refractivity contribution is 7.89. The van der Waals surface area contributed by atoms with Crippen LogP contribution in [0.4, 0.5) is 0 Å². The maximum Gasteiger partial charge on any atom is 0.237 e. The topological polar surface area (TPSA) is 60.9 Å². The number of hydrogen-bond donors (Lipinski definition) is 0. The lowest BCUT2D eigenvalue weighted by Crippen LogP contribution is -2.51. The van der Waals surface area contributed by atoms with Gasteiger partial charge in [-0.2, -0.15) is 4.31 Å². The highest BCUT2D eigenvalue weighted by atomic mass is 32.2. The second-order valence-electron chi connectivity index (χ2n) is 5.04. The van der Waals surface area contributed by atoms with Gasteiger partial charge in [-0.05, 0) is 19.9 Å². The van der Waals surface area contributed by atoms with Crippen molar-refractivity contribution in [2.24, 2.45) is 0 Å². The fourth-order valence-corrected chi connectivity index (χ4v) is 3.87. The van der Waals surface area contributed by atoms with Crippen molar-refractivity contribution in [1.29, 1.82) is 0 Å². The molecule has 2 aliphatic rings. The van der Waals surface area contributed by atoms with Crippen LogP contribution in [0.2, 0.25) is 0 Å². The molecule has 7 heteroatoms. The summed E-state index contributed by atoms with van der Waals surface area (Å²) in [5.74, 6) is 0.122. The van der Waals surface area contributed by atoms with Gasteiger partial charge in [-0.1, -0.05) is 0 Å². The monoisotopic (exact) mass is 275 g/mol. The molecule has 0 aromatic heterocycles. The van der Waals surface area contributed by atoms with Crippen molar-refractivity contribution in [3.05, 3.63) is 0 Å². The molecule has 0 unspecified atom stereocenters. The van der Waals surface area contributed by atoms with Crippen molar-refractivity contribution in [3.8, 4) is 0 Å². The minimum Gasteiger partial charge on any atom is -0.339 e. The first kappa shape index (κ1) is 13.8. The summed E-state index contributed by atoms with van der Waals surface area (Å²) in [6, 6.07) is 0. The Hall–Kier alpha value is -0.660. The fraction of sp³-hybridized carbons (Fsp3) is 0.909. The Morgan fingerprint density at radius 1 is 1.06 bits per heavy atom. The van der Waals surface area contributed by atoms with Crippen molar-refractivity contribution in [2.75, 3.05) is 52.1 Å². The number of carbonyl (C=O) groups excluding carboxylic acids is 1. The van der Waals surface area contributed by atoms with Crippen LogP contribution in [0.15, 0.2) is 0 Å². The van der Waals surface area contributed by atoms with E-state index in [1.54, 1.807) is 4.90 Å². The molecule has 0 N–H and O–H groups in total. The molecule has 2 rings (SSSR count). The number of likely N-dealkylation sites (N-methyl/N-ethyl adjacent to an activating group) is 1. The molecule has 0 aromatic rings. The number of piperazine rings is 1. The second-order valence-corrected chi connectivity index (χ2v) is 7.13. The Kier molecular flexibility index (Phi) is 4.24. The molecule has 0 spiro atoms. The van der Waals surface area contributed by atoms with Crippen molar-refractivity contribution in [2.45, 2.75) is 12.8 Å². The molecule has 2 saturated heterocycles. The number of amides is 1. The van der Waals surface area contributed by atoms with Crippen LogP contribution in [0.25, 0.3) is 0 Å². The summed E-state index contributed by atoms with van der Waals surface area (Å²) in [6.45, 7) is 3.62. The van der Waals surface area contributed by atoms with E-state index in [2.05, 4.69) is 4.90 Å². The Labute approximate surface area is 109 Å². The standard InChI is InChI=1S/C11H21N3O3S/c1-12-5-7-13(8-6-12)11(15)10-14-4-2-3-9-18(14,16)17/h2-10H2,1H3. The van der Waals surface area contributed by atoms with Crippen LogP contribution in [-0.2, 0) is 14.8 Å². The molecule has 1 amide bonds. The normalized spacial score (nSPS) is 26.2. The van der Waals surface area contributed by atoms with E-state index in [0.717, 1.165) is 19.5 Å². The van der Waals surface area contributed by atoms with E-state index in [-0.39, 0.29) is 18.2 Å². The van der Waals surface area contributed by atoms with Gasteiger partial charge < -0.3 is 9.80 Å². The van der Waals surface area contributed by atoms with Gasteiger partial charge in [-0.3, -0.25) is 4.79 Å². The number of rotatable bonds is 2. The van der Waals surface area contributed by atoms with E-state index in [0.29, 0.717) is 26.1 Å². The number of carbonyl (C=O) groups is 1. The number of nitrogens with zero attached hydrogens (tertiary/aromatic N) is 3. The fourth-order valence-electron chi connectivity index (χ4n) is 2.32. The van der Waals surface area contributed by atoms with Gasteiger partial charge in [-0.15, -0.1) is 0 Å². The summed E-state index contributed by atoms with van der Waals surface area (Å²) >= 11 is 0. The third kappa shape index (κ3) is 3.21. The molecular weight excluding hydrogens is 254 g/mol. The van der Waals surface area contributed by atoms with Crippen LogP contribution in [-0.4, -0.2) is 80.5 Å². The predicted molar refractivity (Wildman–Crippen MR) is 68.7 cm³/mol. The van der Waals surface area contributed by atoms with E-state index in [4.69, 9.17) is 0 Å². The van der Waals surface area contributed by atoms with Crippen molar-refractivity contribution in [3.63, 3.8) is 0 Å². The average molecular weight is 275 g/mol. The molecule has 2 aliphatic heterocycles. The molecule has 0 aromatic carbocycles. The van der Waals surface area contributed by atoms with Gasteiger partial charge in [0.15, 0.2) is 0 Å². The molecular formula is C11H21N3O3S. The van der Waals surface area contributed by atoms with E-state index >= 15 is 0 Å². The summed E-state index contributed by atoms with van der Waals surface area (Å²) in [5, 5.41) is 0. The van der Waals surface area contributed by atoms with Crippen LogP contribution in [0.5, 0.6) is 0 Å². The van der Waals surface area contributed by atoms with Crippen molar-refractivity contribution in [1.82, 2.24) is 14.1 Å². The van der Waals surface area contributed by atoms with Crippen LogP contribution in [0, 0.1) is 0 Å². The third-order valence-corrected chi connectivity index (χ3v) is 5.52. The van der Waals surface area contributed by atoms with E-state index in [9.17, 15) is 13.2 Å². The third-order valence-electron chi connectivity index (χ3n) is 3.62. The quantitative estimate of drug-likeness (QED) is 0.661. The molecule has 0 aliphatic carbocycles. The predicted octanol–water partition coefficient (Wildman–Crippen LogP) is -0.814. The van der Waals surface area contributed by atoms with Gasteiger partial charge in [-0.25, -0.2) is 8.42 Å². The smallest absolute Gasteiger partial charge is 0.237 e. The van der Waals surface area contributed by atoms with Gasteiger partial charge in [0.25, 0.3) is 0 Å². The molecule has 0 saturated carbocycles. The lowest BCUT2D eigenvalue weighted by molar-refractivity contribution is -0.133. The van der Waals surface area contributed by atoms with Crippen molar-refractivity contribution >= 4 is 15.9 Å². The first-order valence-corrected chi connectivity index (χ1v) is 8.04. The SMILES string of the molecule is CN1CCN(C(=O)CN2CCCCS2(=O)=O)CC1. The van der Waals surface area contributed by atoms with Crippen LogP contribution >= 0.6 is 0 Å². The molecule has 2 heterocycles. The molecule has 18 heavy (non-hydrogen) atoms. The average Bonchev–Trinajstić information content (AvgIpc) is 2.32. The first-order valence-electron chi connectivity index (χ1n) is 6.43. The highest BCUT2D eigenvalue weighted by Gasteiger charge is 2.29. The largest absolute Gasteiger partial charge is 0.339 e. The summed E-state index contributed by atoms with van der Waals surface area (Å²) in [6.07, 6.45) is 1.57. The van der Waals surface area contributed by atoms with Crippen molar-refractivity contribution < 1.29 is 13.2 Å². The summed E-state index contributed by atoms with van der Waals surface area (Å²) in [4.78, 5) is 16.0. The van der Waals surface area contributed by atoms with Gasteiger partial charge in [0.1, 0.15) is 0 Å². The zero-order valence-electron chi connectivity index (χ0n) is 10.8. The van der Waals surface area contributed by atoms with E-state index < -0.39 is 10.0 Å². The number of hydrogen-bond acceptors (Lipinski definition) is 4. The zero-order valence-corrected chi connectivity index (χ0v) is 11.7. The molecule has 2 fully saturated rings. The molecule has 0 radical (unpaired) electrons. The Bertz CT molecular complexity index is 402. The zero-order chi connectivity index (χ0) is 13.2. The van der Waals surface area contributed by atoms with Gasteiger partial charge in [0.05, 0.1) is 12.3 Å². The van der Waals surface area contributed by atoms with E-state index in [1.807, 2.05) is 7.05 Å². The minimum absolute atomic E-state index is 0.0199. The van der Waals surface area contributed by atoms with Crippen LogP contribution in [0.1, 0.15) is 12.8 Å². The van der Waals surface area contributed by atoms with Gasteiger partial charge in [0, 0.05) is 32.7 Å². The number of sulfonamides is 1. The first-order chi connectivity index (χ1) is 8.49. The van der Waals surface area contributed by atoms with Crippen LogP contribution < -0.4 is 0 Å². The van der Waals surface area contributed by atoms with Gasteiger partial charge >= 0.3 is 0 Å². The molecule has 0 bridgehead atoms. The lowest BCUT2D eigenvalue weighted by Gasteiger charge is -2.34. The maximum absolute atomic E-state index is 12.1. The highest BCUT2D eigenvalue weighted by Crippen LogP contribution is 2.13. The Morgan fingerprint density at radius 3 is 2.33 bits per heavy atom. The maximum atomic E-state index is 12.1. The second kappa shape index (κ2) is 5.54. The summed E-state index contributed by atoms with van der Waals surface area (Å²) in [5.41, 5.74) is 0.